The second-order valence-corrected chi connectivity index (χ2v) is 6.22. The van der Waals surface area contributed by atoms with Gasteiger partial charge in [0.2, 0.25) is 5.89 Å². The lowest BCUT2D eigenvalue weighted by Gasteiger charge is -2.05. The van der Waals surface area contributed by atoms with Crippen molar-refractivity contribution < 1.29 is 29.0 Å². The largest absolute Gasteiger partial charge is 0.493 e. The standard InChI is InChI=1S/C22H19NO6/c1-14-19(23-20(29-14)16-5-3-2-4-6-16)11-12-28-17-9-7-15(8-10-17)13-18(21(24)25)22(26)27/h2-10,13H,11-12H2,1H3,(H,24,25)(H,26,27). The number of ether oxygens (including phenoxy) is 1. The van der Waals surface area contributed by atoms with Gasteiger partial charge in [-0.3, -0.25) is 0 Å². The molecule has 148 valence electrons. The molecule has 0 aliphatic heterocycles. The average molecular weight is 393 g/mol. The third kappa shape index (κ3) is 5.10. The number of hydrogen-bond acceptors (Lipinski definition) is 5. The van der Waals surface area contributed by atoms with Crippen molar-refractivity contribution >= 4 is 18.0 Å². The predicted molar refractivity (Wildman–Crippen MR) is 106 cm³/mol. The zero-order chi connectivity index (χ0) is 20.8. The Morgan fingerprint density at radius 2 is 1.69 bits per heavy atom. The van der Waals surface area contributed by atoms with Gasteiger partial charge >= 0.3 is 11.9 Å². The Balaban J connectivity index is 1.60. The fourth-order valence-corrected chi connectivity index (χ4v) is 2.67. The van der Waals surface area contributed by atoms with Gasteiger partial charge in [-0.2, -0.15) is 0 Å². The molecule has 0 unspecified atom stereocenters. The van der Waals surface area contributed by atoms with Gasteiger partial charge in [0, 0.05) is 12.0 Å². The van der Waals surface area contributed by atoms with Crippen molar-refractivity contribution in [3.8, 4) is 17.2 Å². The molecular formula is C22H19NO6. The van der Waals surface area contributed by atoms with E-state index in [2.05, 4.69) is 4.98 Å². The van der Waals surface area contributed by atoms with Gasteiger partial charge in [-0.1, -0.05) is 30.3 Å². The molecule has 0 saturated carbocycles. The number of rotatable bonds is 8. The van der Waals surface area contributed by atoms with Gasteiger partial charge in [0.1, 0.15) is 17.1 Å². The van der Waals surface area contributed by atoms with Crippen LogP contribution >= 0.6 is 0 Å². The molecule has 0 spiro atoms. The summed E-state index contributed by atoms with van der Waals surface area (Å²) in [4.78, 5) is 26.4. The van der Waals surface area contributed by atoms with E-state index in [1.165, 1.54) is 0 Å². The van der Waals surface area contributed by atoms with E-state index in [-0.39, 0.29) is 0 Å². The number of aromatic nitrogens is 1. The first-order valence-electron chi connectivity index (χ1n) is 8.87. The Bertz CT molecular complexity index is 1020. The molecule has 3 aromatic rings. The minimum absolute atomic E-state index is 0.381. The molecule has 2 aromatic carbocycles. The van der Waals surface area contributed by atoms with Gasteiger partial charge in [0.25, 0.3) is 0 Å². The van der Waals surface area contributed by atoms with Crippen LogP contribution in [0.15, 0.2) is 64.6 Å². The molecule has 0 radical (unpaired) electrons. The molecule has 0 amide bonds. The Morgan fingerprint density at radius 3 is 2.31 bits per heavy atom. The van der Waals surface area contributed by atoms with Gasteiger partial charge in [-0.05, 0) is 42.8 Å². The van der Waals surface area contributed by atoms with Crippen LogP contribution < -0.4 is 4.74 Å². The van der Waals surface area contributed by atoms with Crippen molar-refractivity contribution in [1.82, 2.24) is 4.98 Å². The number of aryl methyl sites for hydroxylation is 1. The molecule has 0 aliphatic carbocycles. The number of benzene rings is 2. The van der Waals surface area contributed by atoms with Crippen molar-refractivity contribution in [3.63, 3.8) is 0 Å². The number of carboxylic acids is 2. The number of carbonyl (C=O) groups is 2. The van der Waals surface area contributed by atoms with Gasteiger partial charge < -0.3 is 19.4 Å². The maximum Gasteiger partial charge on any atom is 0.343 e. The first kappa shape index (κ1) is 19.9. The molecule has 0 atom stereocenters. The maximum atomic E-state index is 10.9. The van der Waals surface area contributed by atoms with Crippen LogP contribution in [0.4, 0.5) is 0 Å². The van der Waals surface area contributed by atoms with Crippen LogP contribution in [0, 0.1) is 6.92 Å². The van der Waals surface area contributed by atoms with E-state index in [9.17, 15) is 9.59 Å². The Labute approximate surface area is 166 Å². The average Bonchev–Trinajstić information content (AvgIpc) is 3.08. The molecule has 0 aliphatic rings. The fraction of sp³-hybridized carbons (Fsp3) is 0.136. The Kier molecular flexibility index (Phi) is 6.09. The summed E-state index contributed by atoms with van der Waals surface area (Å²) in [6, 6.07) is 16.1. The summed E-state index contributed by atoms with van der Waals surface area (Å²) in [5, 5.41) is 17.8. The van der Waals surface area contributed by atoms with E-state index in [0.29, 0.717) is 30.2 Å². The molecule has 1 aromatic heterocycles. The van der Waals surface area contributed by atoms with E-state index in [4.69, 9.17) is 19.4 Å². The smallest absolute Gasteiger partial charge is 0.343 e. The Hall–Kier alpha value is -3.87. The molecule has 3 rings (SSSR count). The zero-order valence-corrected chi connectivity index (χ0v) is 15.7. The molecule has 0 bridgehead atoms. The highest BCUT2D eigenvalue weighted by molar-refractivity contribution is 6.16. The molecule has 1 heterocycles. The number of nitrogens with zero attached hydrogens (tertiary/aromatic N) is 1. The second-order valence-electron chi connectivity index (χ2n) is 6.22. The van der Waals surface area contributed by atoms with E-state index < -0.39 is 17.5 Å². The lowest BCUT2D eigenvalue weighted by atomic mass is 10.1. The minimum Gasteiger partial charge on any atom is -0.493 e. The van der Waals surface area contributed by atoms with Crippen LogP contribution in [0.1, 0.15) is 17.0 Å². The summed E-state index contributed by atoms with van der Waals surface area (Å²) < 4.78 is 11.4. The van der Waals surface area contributed by atoms with Crippen LogP contribution in [0.2, 0.25) is 0 Å². The fourth-order valence-electron chi connectivity index (χ4n) is 2.67. The van der Waals surface area contributed by atoms with E-state index in [1.54, 1.807) is 24.3 Å². The Morgan fingerprint density at radius 1 is 1.03 bits per heavy atom. The minimum atomic E-state index is -1.49. The van der Waals surface area contributed by atoms with Crippen LogP contribution in [-0.4, -0.2) is 33.7 Å². The van der Waals surface area contributed by atoms with Crippen LogP contribution in [0.5, 0.6) is 5.75 Å². The maximum absolute atomic E-state index is 10.9. The molecule has 7 nitrogen and oxygen atoms in total. The van der Waals surface area contributed by atoms with Gasteiger partial charge in [0.15, 0.2) is 0 Å². The van der Waals surface area contributed by atoms with Crippen molar-refractivity contribution in [2.75, 3.05) is 6.61 Å². The van der Waals surface area contributed by atoms with Crippen LogP contribution in [0.3, 0.4) is 0 Å². The van der Waals surface area contributed by atoms with E-state index in [1.807, 2.05) is 37.3 Å². The van der Waals surface area contributed by atoms with Crippen molar-refractivity contribution in [2.24, 2.45) is 0 Å². The summed E-state index contributed by atoms with van der Waals surface area (Å²) in [6.07, 6.45) is 1.66. The highest BCUT2D eigenvalue weighted by Crippen LogP contribution is 2.22. The van der Waals surface area contributed by atoms with Gasteiger partial charge in [0.05, 0.1) is 12.3 Å². The number of aliphatic carboxylic acids is 2. The van der Waals surface area contributed by atoms with E-state index in [0.717, 1.165) is 23.1 Å². The molecule has 29 heavy (non-hydrogen) atoms. The normalized spacial score (nSPS) is 10.4. The first-order chi connectivity index (χ1) is 13.9. The highest BCUT2D eigenvalue weighted by Gasteiger charge is 2.15. The quantitative estimate of drug-likeness (QED) is 0.340. The lowest BCUT2D eigenvalue weighted by Crippen LogP contribution is -2.10. The third-order valence-corrected chi connectivity index (χ3v) is 4.17. The predicted octanol–water partition coefficient (Wildman–Crippen LogP) is 3.82. The topological polar surface area (TPSA) is 110 Å². The highest BCUT2D eigenvalue weighted by atomic mass is 16.5. The SMILES string of the molecule is Cc1oc(-c2ccccc2)nc1CCOc1ccc(C=C(C(=O)O)C(=O)O)cc1. The van der Waals surface area contributed by atoms with Gasteiger partial charge in [-0.25, -0.2) is 14.6 Å². The van der Waals surface area contributed by atoms with Gasteiger partial charge in [-0.15, -0.1) is 0 Å². The molecule has 7 heteroatoms. The van der Waals surface area contributed by atoms with Crippen molar-refractivity contribution in [2.45, 2.75) is 13.3 Å². The summed E-state index contributed by atoms with van der Waals surface area (Å²) in [5.74, 6) is -1.09. The zero-order valence-electron chi connectivity index (χ0n) is 15.7. The first-order valence-corrected chi connectivity index (χ1v) is 8.87. The van der Waals surface area contributed by atoms with E-state index >= 15 is 0 Å². The third-order valence-electron chi connectivity index (χ3n) is 4.17. The van der Waals surface area contributed by atoms with Crippen LogP contribution in [0.25, 0.3) is 17.5 Å². The summed E-state index contributed by atoms with van der Waals surface area (Å²) in [6.45, 7) is 2.24. The second kappa shape index (κ2) is 8.88. The summed E-state index contributed by atoms with van der Waals surface area (Å²) in [7, 11) is 0. The monoisotopic (exact) mass is 393 g/mol. The molecule has 0 fully saturated rings. The number of carboxylic acid groups (broad SMARTS) is 2. The molecular weight excluding hydrogens is 374 g/mol. The summed E-state index contributed by atoms with van der Waals surface area (Å²) >= 11 is 0. The van der Waals surface area contributed by atoms with Crippen molar-refractivity contribution in [3.05, 3.63) is 77.2 Å². The molecule has 0 saturated heterocycles. The molecule has 2 N–H and O–H groups in total. The number of hydrogen-bond donors (Lipinski definition) is 2. The van der Waals surface area contributed by atoms with Crippen LogP contribution in [-0.2, 0) is 16.0 Å². The van der Waals surface area contributed by atoms with Crippen molar-refractivity contribution in [1.29, 1.82) is 0 Å². The number of oxazole rings is 1. The lowest BCUT2D eigenvalue weighted by molar-refractivity contribution is -0.140. The summed E-state index contributed by atoms with van der Waals surface area (Å²) in [5.41, 5.74) is 1.48.